The number of nitrogens with two attached hydrogens (primary N) is 1. The summed E-state index contributed by atoms with van der Waals surface area (Å²) in [5.74, 6) is 0.195. The number of carbonyl (C=O) groups excluding carboxylic acids is 1. The fourth-order valence-electron chi connectivity index (χ4n) is 5.44. The highest BCUT2D eigenvalue weighted by molar-refractivity contribution is 5.76. The molecule has 0 radical (unpaired) electrons. The molecular formula is C33H39N3O3. The van der Waals surface area contributed by atoms with Gasteiger partial charge in [-0.15, -0.1) is 0 Å². The van der Waals surface area contributed by atoms with E-state index in [1.807, 2.05) is 86.7 Å². The lowest BCUT2D eigenvalue weighted by molar-refractivity contribution is -0.142. The molecule has 0 aliphatic carbocycles. The second-order valence-corrected chi connectivity index (χ2v) is 10.6. The standard InChI is InChI=1S/C33H39N3O3/c1-4-20-33(21-11-22-36-33)32(3,39-28-18-16-25(17-19-28)23-29(34)37)31(2,38)24-35-30(26-12-7-5-8-13-26)27-14-9-6-10-15-27/h5-19,21-22,30,35,38H,4,20,23-24H2,1-3H3,(H2,34,37). The molecule has 1 amide bonds. The predicted molar refractivity (Wildman–Crippen MR) is 157 cm³/mol. The maximum absolute atomic E-state index is 12.3. The van der Waals surface area contributed by atoms with Gasteiger partial charge in [-0.1, -0.05) is 92.2 Å². The van der Waals surface area contributed by atoms with Crippen LogP contribution in [0.4, 0.5) is 0 Å². The Morgan fingerprint density at radius 1 is 1.00 bits per heavy atom. The molecule has 1 heterocycles. The van der Waals surface area contributed by atoms with Crippen molar-refractivity contribution >= 4 is 12.1 Å². The second-order valence-electron chi connectivity index (χ2n) is 10.6. The maximum atomic E-state index is 12.3. The fourth-order valence-corrected chi connectivity index (χ4v) is 5.44. The number of allylic oxidation sites excluding steroid dienone is 1. The van der Waals surface area contributed by atoms with Crippen LogP contribution in [-0.2, 0) is 11.2 Å². The number of nitrogens with one attached hydrogen (secondary N) is 1. The highest BCUT2D eigenvalue weighted by Gasteiger charge is 2.59. The van der Waals surface area contributed by atoms with E-state index in [9.17, 15) is 9.90 Å². The zero-order valence-corrected chi connectivity index (χ0v) is 23.0. The van der Waals surface area contributed by atoms with Crippen LogP contribution in [0.15, 0.2) is 102 Å². The molecule has 3 unspecified atom stereocenters. The summed E-state index contributed by atoms with van der Waals surface area (Å²) in [6.45, 7) is 6.10. The van der Waals surface area contributed by atoms with Crippen molar-refractivity contribution in [2.45, 2.75) is 62.8 Å². The Morgan fingerprint density at radius 3 is 2.08 bits per heavy atom. The molecule has 0 bridgehead atoms. The molecule has 0 fully saturated rings. The van der Waals surface area contributed by atoms with Crippen LogP contribution in [0.25, 0.3) is 0 Å². The Labute approximate surface area is 231 Å². The number of aliphatic hydroxyl groups is 1. The van der Waals surface area contributed by atoms with Gasteiger partial charge in [-0.3, -0.25) is 9.79 Å². The molecular weight excluding hydrogens is 486 g/mol. The van der Waals surface area contributed by atoms with Gasteiger partial charge in [-0.25, -0.2) is 0 Å². The monoisotopic (exact) mass is 525 g/mol. The Kier molecular flexibility index (Phi) is 8.68. The van der Waals surface area contributed by atoms with Crippen LogP contribution < -0.4 is 15.8 Å². The van der Waals surface area contributed by atoms with Gasteiger partial charge < -0.3 is 20.9 Å². The van der Waals surface area contributed by atoms with Crippen LogP contribution in [0, 0.1) is 0 Å². The van der Waals surface area contributed by atoms with E-state index >= 15 is 0 Å². The van der Waals surface area contributed by atoms with Crippen molar-refractivity contribution in [2.24, 2.45) is 10.7 Å². The molecule has 204 valence electrons. The topological polar surface area (TPSA) is 96.9 Å². The van der Waals surface area contributed by atoms with Crippen molar-refractivity contribution in [1.29, 1.82) is 0 Å². The third kappa shape index (κ3) is 6.13. The number of hydrogen-bond donors (Lipinski definition) is 3. The zero-order valence-electron chi connectivity index (χ0n) is 23.0. The van der Waals surface area contributed by atoms with Crippen LogP contribution in [0.1, 0.15) is 56.3 Å². The smallest absolute Gasteiger partial charge is 0.221 e. The lowest BCUT2D eigenvalue weighted by Gasteiger charge is -2.51. The molecule has 0 saturated heterocycles. The summed E-state index contributed by atoms with van der Waals surface area (Å²) < 4.78 is 6.74. The van der Waals surface area contributed by atoms with Gasteiger partial charge in [-0.05, 0) is 55.2 Å². The minimum Gasteiger partial charge on any atom is -0.482 e. The van der Waals surface area contributed by atoms with Crippen molar-refractivity contribution in [3.63, 3.8) is 0 Å². The van der Waals surface area contributed by atoms with E-state index in [-0.39, 0.29) is 24.9 Å². The molecule has 1 aliphatic heterocycles. The summed E-state index contributed by atoms with van der Waals surface area (Å²) in [7, 11) is 0. The number of rotatable bonds is 13. The van der Waals surface area contributed by atoms with Gasteiger partial charge in [0.05, 0.1) is 12.5 Å². The summed E-state index contributed by atoms with van der Waals surface area (Å²) in [5, 5.41) is 15.9. The number of carbonyl (C=O) groups is 1. The van der Waals surface area contributed by atoms with Crippen LogP contribution in [-0.4, -0.2) is 40.5 Å². The molecule has 4 N–H and O–H groups in total. The van der Waals surface area contributed by atoms with Gasteiger partial charge in [0.25, 0.3) is 0 Å². The van der Waals surface area contributed by atoms with Gasteiger partial charge in [-0.2, -0.15) is 0 Å². The third-order valence-electron chi connectivity index (χ3n) is 7.79. The molecule has 0 spiro atoms. The number of primary amides is 1. The van der Waals surface area contributed by atoms with Crippen LogP contribution in [0.5, 0.6) is 5.75 Å². The molecule has 39 heavy (non-hydrogen) atoms. The van der Waals surface area contributed by atoms with Gasteiger partial charge in [0.2, 0.25) is 5.91 Å². The number of amides is 1. The normalized spacial score (nSPS) is 19.5. The first-order chi connectivity index (χ1) is 18.7. The van der Waals surface area contributed by atoms with Crippen molar-refractivity contribution in [2.75, 3.05) is 6.54 Å². The van der Waals surface area contributed by atoms with Crippen molar-refractivity contribution in [1.82, 2.24) is 5.32 Å². The van der Waals surface area contributed by atoms with Crippen LogP contribution >= 0.6 is 0 Å². The number of aliphatic imine (C=N–C) groups is 1. The number of benzene rings is 3. The third-order valence-corrected chi connectivity index (χ3v) is 7.79. The van der Waals surface area contributed by atoms with E-state index in [4.69, 9.17) is 15.5 Å². The van der Waals surface area contributed by atoms with E-state index in [0.717, 1.165) is 23.1 Å². The first-order valence-corrected chi connectivity index (χ1v) is 13.5. The SMILES string of the molecule is CCCC1(C(C)(Oc2ccc(CC(N)=O)cc2)C(C)(O)CNC(c2ccccc2)c2ccccc2)C=CC=N1. The van der Waals surface area contributed by atoms with Gasteiger partial charge in [0.15, 0.2) is 5.60 Å². The first kappa shape index (κ1) is 28.3. The molecule has 1 aliphatic rings. The lowest BCUT2D eigenvalue weighted by atomic mass is 9.68. The van der Waals surface area contributed by atoms with Crippen molar-refractivity contribution in [3.8, 4) is 5.75 Å². The fraction of sp³-hybridized carbons (Fsp3) is 0.333. The Bertz CT molecular complexity index is 1240. The van der Waals surface area contributed by atoms with Gasteiger partial charge in [0, 0.05) is 12.8 Å². The molecule has 3 aromatic carbocycles. The van der Waals surface area contributed by atoms with Crippen molar-refractivity contribution < 1.29 is 14.6 Å². The van der Waals surface area contributed by atoms with E-state index in [1.54, 1.807) is 6.21 Å². The van der Waals surface area contributed by atoms with E-state index in [2.05, 4.69) is 36.5 Å². The Balaban J connectivity index is 1.68. The average Bonchev–Trinajstić information content (AvgIpc) is 3.41. The van der Waals surface area contributed by atoms with Crippen LogP contribution in [0.3, 0.4) is 0 Å². The second kappa shape index (κ2) is 12.0. The summed E-state index contributed by atoms with van der Waals surface area (Å²) >= 11 is 0. The summed E-state index contributed by atoms with van der Waals surface area (Å²) in [5.41, 5.74) is 5.11. The molecule has 6 heteroatoms. The summed E-state index contributed by atoms with van der Waals surface area (Å²) in [4.78, 5) is 16.2. The zero-order chi connectivity index (χ0) is 27.9. The van der Waals surface area contributed by atoms with Gasteiger partial charge >= 0.3 is 0 Å². The first-order valence-electron chi connectivity index (χ1n) is 13.5. The van der Waals surface area contributed by atoms with E-state index in [0.29, 0.717) is 12.2 Å². The highest BCUT2D eigenvalue weighted by atomic mass is 16.5. The Hall–Kier alpha value is -3.74. The number of nitrogens with zero attached hydrogens (tertiary/aromatic N) is 1. The van der Waals surface area contributed by atoms with Gasteiger partial charge in [0.1, 0.15) is 16.9 Å². The van der Waals surface area contributed by atoms with Crippen LogP contribution in [0.2, 0.25) is 0 Å². The number of ether oxygens (including phenoxy) is 1. The molecule has 0 aromatic heterocycles. The maximum Gasteiger partial charge on any atom is 0.221 e. The number of hydrogen-bond acceptors (Lipinski definition) is 5. The quantitative estimate of drug-likeness (QED) is 0.287. The molecule has 0 saturated carbocycles. The summed E-state index contributed by atoms with van der Waals surface area (Å²) in [6.07, 6.45) is 7.47. The average molecular weight is 526 g/mol. The Morgan fingerprint density at radius 2 is 1.59 bits per heavy atom. The molecule has 3 aromatic rings. The minimum absolute atomic E-state index is 0.124. The predicted octanol–water partition coefficient (Wildman–Crippen LogP) is 5.16. The largest absolute Gasteiger partial charge is 0.482 e. The minimum atomic E-state index is -1.36. The van der Waals surface area contributed by atoms with Crippen molar-refractivity contribution in [3.05, 3.63) is 114 Å². The molecule has 3 atom stereocenters. The lowest BCUT2D eigenvalue weighted by Crippen LogP contribution is -2.69. The van der Waals surface area contributed by atoms with E-state index in [1.165, 1.54) is 0 Å². The highest BCUT2D eigenvalue weighted by Crippen LogP contribution is 2.45. The molecule has 4 rings (SSSR count). The molecule has 6 nitrogen and oxygen atoms in total. The van der Waals surface area contributed by atoms with E-state index < -0.39 is 16.7 Å². The summed E-state index contributed by atoms with van der Waals surface area (Å²) in [6, 6.07) is 27.6.